The number of hydrogen-bond acceptors (Lipinski definition) is 5. The summed E-state index contributed by atoms with van der Waals surface area (Å²) in [7, 11) is 0. The molecule has 0 amide bonds. The van der Waals surface area contributed by atoms with E-state index in [4.69, 9.17) is 13.8 Å². The van der Waals surface area contributed by atoms with Gasteiger partial charge in [-0.2, -0.15) is 0 Å². The summed E-state index contributed by atoms with van der Waals surface area (Å²) in [6.45, 7) is 0. The summed E-state index contributed by atoms with van der Waals surface area (Å²) in [5.74, 6) is 0. The molecule has 192 valence electrons. The van der Waals surface area contributed by atoms with Gasteiger partial charge >= 0.3 is 0 Å². The summed E-state index contributed by atoms with van der Waals surface area (Å²) in [4.78, 5) is 11.3. The number of pyridine rings is 2. The first-order chi connectivity index (χ1) is 20.3. The second-order valence-corrected chi connectivity index (χ2v) is 10.3. The Bertz CT molecular complexity index is 2340. The van der Waals surface area contributed by atoms with Gasteiger partial charge in [0.15, 0.2) is 5.58 Å². The van der Waals surface area contributed by atoms with E-state index in [1.54, 1.807) is 12.4 Å². The third-order valence-corrected chi connectivity index (χ3v) is 7.98. The lowest BCUT2D eigenvalue weighted by molar-refractivity contribution is 0.654. The van der Waals surface area contributed by atoms with Crippen LogP contribution in [0.5, 0.6) is 0 Å². The van der Waals surface area contributed by atoms with Crippen molar-refractivity contribution in [1.29, 1.82) is 0 Å². The molecule has 0 fully saturated rings. The quantitative estimate of drug-likeness (QED) is 0.214. The molecule has 5 aromatic carbocycles. The van der Waals surface area contributed by atoms with E-state index in [0.717, 1.165) is 60.7 Å². The molecule has 5 heteroatoms. The number of anilines is 3. The minimum atomic E-state index is 0.627. The molecular formula is C36H21N3O2. The van der Waals surface area contributed by atoms with Crippen LogP contribution in [0.15, 0.2) is 137 Å². The van der Waals surface area contributed by atoms with Crippen LogP contribution in [0, 0.1) is 0 Å². The highest BCUT2D eigenvalue weighted by Gasteiger charge is 2.20. The molecule has 0 radical (unpaired) electrons. The number of fused-ring (bicyclic) bond motifs is 9. The molecular weight excluding hydrogens is 506 g/mol. The van der Waals surface area contributed by atoms with Crippen LogP contribution in [0.1, 0.15) is 0 Å². The maximum absolute atomic E-state index is 6.12. The maximum atomic E-state index is 6.12. The van der Waals surface area contributed by atoms with Crippen molar-refractivity contribution in [2.24, 2.45) is 0 Å². The first-order valence-corrected chi connectivity index (χ1v) is 13.6. The van der Waals surface area contributed by atoms with Crippen molar-refractivity contribution in [2.75, 3.05) is 4.90 Å². The molecule has 4 heterocycles. The molecule has 0 aliphatic carbocycles. The molecule has 0 aliphatic rings. The summed E-state index contributed by atoms with van der Waals surface area (Å²) in [6, 6.07) is 38.0. The third kappa shape index (κ3) is 3.29. The molecule has 0 atom stereocenters. The Hall–Kier alpha value is -5.68. The third-order valence-electron chi connectivity index (χ3n) is 7.98. The van der Waals surface area contributed by atoms with Crippen LogP contribution in [0.3, 0.4) is 0 Å². The minimum Gasteiger partial charge on any atom is -0.454 e. The molecule has 0 spiro atoms. The molecule has 9 aromatic rings. The standard InChI is InChI=1S/C36H21N3O2/c1-2-8-25-22(7-1)17-32(27-10-4-3-9-26(25)27)39(23-13-14-34-30(18-23)29-15-16-37-21-35(29)40-34)24-19-31-28-11-5-6-12-33(28)41-36(31)38-20-24/h1-21H. The fourth-order valence-corrected chi connectivity index (χ4v) is 6.13. The van der Waals surface area contributed by atoms with E-state index in [9.17, 15) is 0 Å². The number of hydrogen-bond donors (Lipinski definition) is 0. The van der Waals surface area contributed by atoms with E-state index in [0.29, 0.717) is 5.71 Å². The Morgan fingerprint density at radius 3 is 2.15 bits per heavy atom. The molecule has 0 saturated heterocycles. The smallest absolute Gasteiger partial charge is 0.227 e. The number of aromatic nitrogens is 2. The van der Waals surface area contributed by atoms with Gasteiger partial charge < -0.3 is 13.7 Å². The maximum Gasteiger partial charge on any atom is 0.227 e. The van der Waals surface area contributed by atoms with Crippen LogP contribution in [0.4, 0.5) is 17.1 Å². The highest BCUT2D eigenvalue weighted by atomic mass is 16.3. The fraction of sp³-hybridized carbons (Fsp3) is 0. The molecule has 0 saturated carbocycles. The van der Waals surface area contributed by atoms with Gasteiger partial charge in [0.2, 0.25) is 5.71 Å². The number of rotatable bonds is 3. The number of para-hydroxylation sites is 1. The summed E-state index contributed by atoms with van der Waals surface area (Å²) in [5, 5.41) is 8.87. The van der Waals surface area contributed by atoms with Gasteiger partial charge in [-0.25, -0.2) is 4.98 Å². The Morgan fingerprint density at radius 2 is 1.22 bits per heavy atom. The second-order valence-electron chi connectivity index (χ2n) is 10.3. The average molecular weight is 528 g/mol. The zero-order chi connectivity index (χ0) is 26.9. The predicted molar refractivity (Wildman–Crippen MR) is 166 cm³/mol. The predicted octanol–water partition coefficient (Wildman–Crippen LogP) is 10.1. The lowest BCUT2D eigenvalue weighted by Gasteiger charge is -2.27. The molecule has 0 unspecified atom stereocenters. The Balaban J connectivity index is 1.38. The van der Waals surface area contributed by atoms with Gasteiger partial charge in [-0.1, -0.05) is 66.7 Å². The second kappa shape index (κ2) is 8.41. The van der Waals surface area contributed by atoms with Crippen LogP contribution in [-0.2, 0) is 0 Å². The first-order valence-electron chi connectivity index (χ1n) is 13.6. The Kier molecular flexibility index (Phi) is 4.55. The van der Waals surface area contributed by atoms with E-state index in [2.05, 4.69) is 88.7 Å². The van der Waals surface area contributed by atoms with Crippen LogP contribution < -0.4 is 4.90 Å². The average Bonchev–Trinajstić information content (AvgIpc) is 3.59. The Morgan fingerprint density at radius 1 is 0.488 bits per heavy atom. The lowest BCUT2D eigenvalue weighted by atomic mass is 9.99. The molecule has 0 N–H and O–H groups in total. The first kappa shape index (κ1) is 22.2. The van der Waals surface area contributed by atoms with Crippen molar-refractivity contribution >= 4 is 82.6 Å². The van der Waals surface area contributed by atoms with Crippen LogP contribution in [0.2, 0.25) is 0 Å². The van der Waals surface area contributed by atoms with Gasteiger partial charge in [0.25, 0.3) is 0 Å². The van der Waals surface area contributed by atoms with Crippen LogP contribution in [-0.4, -0.2) is 9.97 Å². The van der Waals surface area contributed by atoms with Crippen molar-refractivity contribution < 1.29 is 8.83 Å². The van der Waals surface area contributed by atoms with Crippen molar-refractivity contribution in [1.82, 2.24) is 9.97 Å². The summed E-state index contributed by atoms with van der Waals surface area (Å²) in [5.41, 5.74) is 6.08. The fourth-order valence-electron chi connectivity index (χ4n) is 6.13. The monoisotopic (exact) mass is 527 g/mol. The Labute approximate surface area is 233 Å². The summed E-state index contributed by atoms with van der Waals surface area (Å²) >= 11 is 0. The molecule has 4 aromatic heterocycles. The molecule has 0 aliphatic heterocycles. The molecule has 5 nitrogen and oxygen atoms in total. The topological polar surface area (TPSA) is 55.3 Å². The normalized spacial score (nSPS) is 11.9. The van der Waals surface area contributed by atoms with E-state index in [-0.39, 0.29) is 0 Å². The van der Waals surface area contributed by atoms with E-state index in [1.807, 2.05) is 36.5 Å². The largest absolute Gasteiger partial charge is 0.454 e. The number of furan rings is 2. The van der Waals surface area contributed by atoms with Gasteiger partial charge in [0.05, 0.1) is 29.2 Å². The minimum absolute atomic E-state index is 0.627. The SMILES string of the molecule is c1ccc2c(c1)cc(N(c1ccc3oc4cnccc4c3c1)c1cnc3oc4ccccc4c3c1)c1ccccc12. The highest BCUT2D eigenvalue weighted by molar-refractivity contribution is 6.15. The molecule has 9 rings (SSSR count). The van der Waals surface area contributed by atoms with Crippen LogP contribution in [0.25, 0.3) is 65.6 Å². The zero-order valence-corrected chi connectivity index (χ0v) is 21.8. The van der Waals surface area contributed by atoms with E-state index in [1.165, 1.54) is 16.2 Å². The van der Waals surface area contributed by atoms with Crippen molar-refractivity contribution in [3.05, 3.63) is 128 Å². The van der Waals surface area contributed by atoms with Gasteiger partial charge in [-0.15, -0.1) is 0 Å². The van der Waals surface area contributed by atoms with Crippen molar-refractivity contribution in [3.63, 3.8) is 0 Å². The van der Waals surface area contributed by atoms with Crippen molar-refractivity contribution in [3.8, 4) is 0 Å². The van der Waals surface area contributed by atoms with Crippen LogP contribution >= 0.6 is 0 Å². The van der Waals surface area contributed by atoms with Gasteiger partial charge in [-0.3, -0.25) is 4.98 Å². The summed E-state index contributed by atoms with van der Waals surface area (Å²) in [6.07, 6.45) is 5.47. The number of benzene rings is 5. The summed E-state index contributed by atoms with van der Waals surface area (Å²) < 4.78 is 12.2. The number of nitrogens with zero attached hydrogens (tertiary/aromatic N) is 3. The zero-order valence-electron chi connectivity index (χ0n) is 21.8. The van der Waals surface area contributed by atoms with E-state index >= 15 is 0 Å². The highest BCUT2D eigenvalue weighted by Crippen LogP contribution is 2.44. The molecule has 0 bridgehead atoms. The van der Waals surface area contributed by atoms with Gasteiger partial charge in [0, 0.05) is 33.4 Å². The van der Waals surface area contributed by atoms with Gasteiger partial charge in [-0.05, 0) is 58.6 Å². The lowest BCUT2D eigenvalue weighted by Crippen LogP contribution is -2.11. The van der Waals surface area contributed by atoms with Gasteiger partial charge in [0.1, 0.15) is 11.2 Å². The van der Waals surface area contributed by atoms with E-state index < -0.39 is 0 Å². The van der Waals surface area contributed by atoms with Crippen molar-refractivity contribution in [2.45, 2.75) is 0 Å². The molecule has 41 heavy (non-hydrogen) atoms.